The Kier molecular flexibility index (Phi) is 6.22. The van der Waals surface area contributed by atoms with E-state index in [9.17, 15) is 8.42 Å². The lowest BCUT2D eigenvalue weighted by Crippen LogP contribution is -2.12. The van der Waals surface area contributed by atoms with Crippen LogP contribution in [0.1, 0.15) is 10.4 Å². The second-order valence-electron chi connectivity index (χ2n) is 5.78. The first-order valence-electron chi connectivity index (χ1n) is 7.94. The van der Waals surface area contributed by atoms with E-state index in [1.165, 1.54) is 23.5 Å². The summed E-state index contributed by atoms with van der Waals surface area (Å²) in [5, 5.41) is 17.3. The second kappa shape index (κ2) is 8.46. The molecule has 0 atom stereocenters. The third-order valence-electron chi connectivity index (χ3n) is 3.74. The molecule has 0 saturated carbocycles. The van der Waals surface area contributed by atoms with Crippen molar-refractivity contribution < 1.29 is 8.42 Å². The molecule has 28 heavy (non-hydrogen) atoms. The molecule has 0 spiro atoms. The minimum Gasteiger partial charge on any atom is -0.355 e. The van der Waals surface area contributed by atoms with E-state index in [1.54, 1.807) is 42.5 Å². The number of nitrogens with two attached hydrogens (primary N) is 1. The average molecular weight is 452 g/mol. The van der Waals surface area contributed by atoms with Gasteiger partial charge in [0.25, 0.3) is 0 Å². The third-order valence-corrected chi connectivity index (χ3v) is 6.19. The maximum Gasteiger partial charge on any atom is 0.238 e. The lowest BCUT2D eigenvalue weighted by atomic mass is 10.1. The van der Waals surface area contributed by atoms with Gasteiger partial charge in [0.1, 0.15) is 0 Å². The molecular formula is C19H15Cl2N3O2S2. The van der Waals surface area contributed by atoms with E-state index in [0.717, 1.165) is 10.4 Å². The smallest absolute Gasteiger partial charge is 0.238 e. The van der Waals surface area contributed by atoms with Crippen LogP contribution in [0.15, 0.2) is 71.6 Å². The summed E-state index contributed by atoms with van der Waals surface area (Å²) < 4.78 is 23.4. The molecule has 0 radical (unpaired) electrons. The molecule has 0 aliphatic heterocycles. The van der Waals surface area contributed by atoms with Gasteiger partial charge in [-0.05, 0) is 60.2 Å². The van der Waals surface area contributed by atoms with Gasteiger partial charge < -0.3 is 5.32 Å². The van der Waals surface area contributed by atoms with Gasteiger partial charge in [0.2, 0.25) is 10.0 Å². The normalized spacial score (nSPS) is 12.0. The summed E-state index contributed by atoms with van der Waals surface area (Å²) >= 11 is 13.3. The topological polar surface area (TPSA) is 96.0 Å². The van der Waals surface area contributed by atoms with Crippen LogP contribution in [0.3, 0.4) is 0 Å². The van der Waals surface area contributed by atoms with Crippen molar-refractivity contribution in [2.45, 2.75) is 4.90 Å². The monoisotopic (exact) mass is 451 g/mol. The molecule has 1 aromatic heterocycles. The molecule has 0 aliphatic carbocycles. The first kappa shape index (κ1) is 20.6. The van der Waals surface area contributed by atoms with E-state index in [2.05, 4.69) is 5.32 Å². The van der Waals surface area contributed by atoms with Gasteiger partial charge >= 0.3 is 0 Å². The highest BCUT2D eigenvalue weighted by Gasteiger charge is 2.10. The third kappa shape index (κ3) is 5.21. The number of halogens is 2. The fraction of sp³-hybridized carbons (Fsp3) is 0. The summed E-state index contributed by atoms with van der Waals surface area (Å²) in [5.74, 6) is 0. The number of benzene rings is 2. The van der Waals surface area contributed by atoms with Crippen LogP contribution in [0, 0.1) is 5.41 Å². The Morgan fingerprint density at radius 2 is 1.64 bits per heavy atom. The number of nitrogens with one attached hydrogen (secondary N) is 2. The molecule has 3 aromatic rings. The van der Waals surface area contributed by atoms with E-state index in [0.29, 0.717) is 20.7 Å². The molecule has 2 aromatic carbocycles. The number of primary sulfonamides is 1. The number of hydrogen-bond donors (Lipinski definition) is 3. The molecule has 0 bridgehead atoms. The van der Waals surface area contributed by atoms with Crippen LogP contribution in [-0.4, -0.2) is 14.1 Å². The zero-order valence-electron chi connectivity index (χ0n) is 14.3. The van der Waals surface area contributed by atoms with Crippen LogP contribution in [0.4, 0.5) is 5.69 Å². The second-order valence-corrected chi connectivity index (χ2v) is 9.49. The molecule has 0 unspecified atom stereocenters. The van der Waals surface area contributed by atoms with Crippen LogP contribution >= 0.6 is 34.5 Å². The van der Waals surface area contributed by atoms with Gasteiger partial charge in [-0.15, -0.1) is 11.3 Å². The Bertz CT molecular complexity index is 1140. The molecule has 0 saturated heterocycles. The largest absolute Gasteiger partial charge is 0.355 e. The van der Waals surface area contributed by atoms with Crippen molar-refractivity contribution in [2.24, 2.45) is 5.14 Å². The predicted octanol–water partition coefficient (Wildman–Crippen LogP) is 5.22. The Morgan fingerprint density at radius 1 is 1.00 bits per heavy atom. The van der Waals surface area contributed by atoms with Gasteiger partial charge in [-0.3, -0.25) is 5.41 Å². The van der Waals surface area contributed by atoms with Crippen molar-refractivity contribution >= 4 is 61.7 Å². The van der Waals surface area contributed by atoms with Gasteiger partial charge in [-0.1, -0.05) is 35.3 Å². The van der Waals surface area contributed by atoms with Crippen LogP contribution in [0.25, 0.3) is 5.70 Å². The van der Waals surface area contributed by atoms with E-state index in [4.69, 9.17) is 33.8 Å². The van der Waals surface area contributed by atoms with Gasteiger partial charge in [0, 0.05) is 16.4 Å². The zero-order valence-corrected chi connectivity index (χ0v) is 17.5. The summed E-state index contributed by atoms with van der Waals surface area (Å²) in [6, 6.07) is 16.7. The maximum atomic E-state index is 11.4. The Balaban J connectivity index is 1.95. The van der Waals surface area contributed by atoms with Gasteiger partial charge in [0.15, 0.2) is 0 Å². The van der Waals surface area contributed by atoms with Crippen LogP contribution in [-0.2, 0) is 10.0 Å². The summed E-state index contributed by atoms with van der Waals surface area (Å²) in [6.45, 7) is 0. The highest BCUT2D eigenvalue weighted by Crippen LogP contribution is 2.25. The number of rotatable bonds is 6. The number of sulfonamides is 1. The van der Waals surface area contributed by atoms with Crippen LogP contribution in [0.2, 0.25) is 9.36 Å². The fourth-order valence-corrected chi connectivity index (χ4v) is 3.98. The highest BCUT2D eigenvalue weighted by atomic mass is 35.5. The molecule has 144 valence electrons. The van der Waals surface area contributed by atoms with Gasteiger partial charge in [0.05, 0.1) is 19.8 Å². The van der Waals surface area contributed by atoms with E-state index in [1.807, 2.05) is 12.1 Å². The van der Waals surface area contributed by atoms with Gasteiger partial charge in [-0.2, -0.15) is 0 Å². The van der Waals surface area contributed by atoms with Crippen molar-refractivity contribution in [1.29, 1.82) is 5.41 Å². The van der Waals surface area contributed by atoms with E-state index < -0.39 is 10.0 Å². The molecular weight excluding hydrogens is 437 g/mol. The van der Waals surface area contributed by atoms with Crippen molar-refractivity contribution in [1.82, 2.24) is 0 Å². The molecule has 4 N–H and O–H groups in total. The summed E-state index contributed by atoms with van der Waals surface area (Å²) in [7, 11) is -3.76. The number of hydrogen-bond acceptors (Lipinski definition) is 5. The van der Waals surface area contributed by atoms with E-state index in [-0.39, 0.29) is 10.6 Å². The lowest BCUT2D eigenvalue weighted by Gasteiger charge is -2.13. The van der Waals surface area contributed by atoms with Crippen molar-refractivity contribution in [3.8, 4) is 0 Å². The number of allylic oxidation sites excluding steroid dienone is 1. The maximum absolute atomic E-state index is 11.4. The summed E-state index contributed by atoms with van der Waals surface area (Å²) in [5.41, 5.74) is 2.39. The minimum absolute atomic E-state index is 0.0241. The molecule has 9 heteroatoms. The molecule has 5 nitrogen and oxygen atoms in total. The average Bonchev–Trinajstić information content (AvgIpc) is 3.08. The lowest BCUT2D eigenvalue weighted by molar-refractivity contribution is 0.598. The molecule has 0 amide bonds. The quantitative estimate of drug-likeness (QED) is 0.447. The minimum atomic E-state index is -3.76. The SMILES string of the molecule is N=C(/C=C(\Nc1ccc(S(N)(=O)=O)cc1)c1ccc(Cl)cc1)c1ccc(Cl)s1. The van der Waals surface area contributed by atoms with Crippen molar-refractivity contribution in [3.05, 3.63) is 86.5 Å². The first-order chi connectivity index (χ1) is 13.2. The molecule has 1 heterocycles. The standard InChI is InChI=1S/C19H15Cl2N3O2S2/c20-13-3-1-12(2-4-13)17(11-16(22)18-9-10-19(21)27-18)24-14-5-7-15(8-6-14)28(23,25)26/h1-11,22,24H,(H2,23,25,26)/b17-11-,22-16?. The number of thiophene rings is 1. The zero-order chi connectivity index (χ0) is 20.3. The Morgan fingerprint density at radius 3 is 2.18 bits per heavy atom. The molecule has 3 rings (SSSR count). The Hall–Kier alpha value is -2.16. The van der Waals surface area contributed by atoms with Crippen molar-refractivity contribution in [2.75, 3.05) is 5.32 Å². The predicted molar refractivity (Wildman–Crippen MR) is 117 cm³/mol. The Labute approximate surface area is 177 Å². The van der Waals surface area contributed by atoms with Gasteiger partial charge in [-0.25, -0.2) is 13.6 Å². The summed E-state index contributed by atoms with van der Waals surface area (Å²) in [6.07, 6.45) is 1.68. The molecule has 0 fully saturated rings. The van der Waals surface area contributed by atoms with Crippen LogP contribution in [0.5, 0.6) is 0 Å². The highest BCUT2D eigenvalue weighted by molar-refractivity contribution is 7.89. The summed E-state index contributed by atoms with van der Waals surface area (Å²) in [4.78, 5) is 0.749. The first-order valence-corrected chi connectivity index (χ1v) is 11.1. The molecule has 0 aliphatic rings. The number of anilines is 1. The van der Waals surface area contributed by atoms with Crippen molar-refractivity contribution in [3.63, 3.8) is 0 Å². The van der Waals surface area contributed by atoms with E-state index >= 15 is 0 Å². The van der Waals surface area contributed by atoms with Crippen LogP contribution < -0.4 is 10.5 Å². The fourth-order valence-electron chi connectivity index (χ4n) is 2.38.